The molecule has 0 saturated carbocycles. The quantitative estimate of drug-likeness (QED) is 0.795. The molecule has 5 nitrogen and oxygen atoms in total. The molecule has 1 atom stereocenters. The van der Waals surface area contributed by atoms with Gasteiger partial charge in [-0.05, 0) is 43.9 Å². The third-order valence-corrected chi connectivity index (χ3v) is 3.88. The Hall–Kier alpha value is -2.82. The van der Waals surface area contributed by atoms with E-state index in [4.69, 9.17) is 4.74 Å². The van der Waals surface area contributed by atoms with Gasteiger partial charge in [0.1, 0.15) is 5.75 Å². The maximum atomic E-state index is 12.1. The number of aryl methyl sites for hydroxylation is 3. The van der Waals surface area contributed by atoms with Gasteiger partial charge in [0.25, 0.3) is 5.91 Å². The molecule has 25 heavy (non-hydrogen) atoms. The lowest BCUT2D eigenvalue weighted by Crippen LogP contribution is -2.47. The van der Waals surface area contributed by atoms with Crippen molar-refractivity contribution in [2.24, 2.45) is 0 Å². The molecular weight excluding hydrogens is 316 g/mol. The van der Waals surface area contributed by atoms with Crippen LogP contribution in [0.15, 0.2) is 48.5 Å². The van der Waals surface area contributed by atoms with Gasteiger partial charge in [0.05, 0.1) is 0 Å². The molecule has 0 radical (unpaired) electrons. The van der Waals surface area contributed by atoms with Crippen molar-refractivity contribution in [3.05, 3.63) is 65.2 Å². The van der Waals surface area contributed by atoms with Crippen molar-refractivity contribution in [3.8, 4) is 5.75 Å². The van der Waals surface area contributed by atoms with Gasteiger partial charge in [-0.3, -0.25) is 20.4 Å². The highest BCUT2D eigenvalue weighted by atomic mass is 16.5. The van der Waals surface area contributed by atoms with E-state index in [1.165, 1.54) is 0 Å². The van der Waals surface area contributed by atoms with E-state index >= 15 is 0 Å². The molecule has 132 valence electrons. The first-order chi connectivity index (χ1) is 12.0. The van der Waals surface area contributed by atoms with E-state index in [1.54, 1.807) is 6.92 Å². The second-order valence-corrected chi connectivity index (χ2v) is 6.00. The van der Waals surface area contributed by atoms with E-state index in [2.05, 4.69) is 10.9 Å². The van der Waals surface area contributed by atoms with Crippen LogP contribution in [0.3, 0.4) is 0 Å². The lowest BCUT2D eigenvalue weighted by Gasteiger charge is -2.18. The summed E-state index contributed by atoms with van der Waals surface area (Å²) < 4.78 is 5.74. The minimum atomic E-state index is -0.714. The maximum absolute atomic E-state index is 12.1. The van der Waals surface area contributed by atoms with Gasteiger partial charge in [0, 0.05) is 6.42 Å². The van der Waals surface area contributed by atoms with Crippen LogP contribution in [0, 0.1) is 13.8 Å². The minimum Gasteiger partial charge on any atom is -0.480 e. The molecule has 0 aliphatic carbocycles. The van der Waals surface area contributed by atoms with Crippen LogP contribution in [0.25, 0.3) is 0 Å². The van der Waals surface area contributed by atoms with Crippen molar-refractivity contribution in [1.82, 2.24) is 10.9 Å². The normalized spacial score (nSPS) is 11.5. The van der Waals surface area contributed by atoms with Crippen molar-refractivity contribution in [2.75, 3.05) is 0 Å². The summed E-state index contributed by atoms with van der Waals surface area (Å²) in [6.45, 7) is 5.51. The van der Waals surface area contributed by atoms with Crippen LogP contribution in [-0.4, -0.2) is 17.9 Å². The summed E-state index contributed by atoms with van der Waals surface area (Å²) in [6, 6.07) is 15.5. The number of ether oxygens (including phenoxy) is 1. The first kappa shape index (κ1) is 18.5. The van der Waals surface area contributed by atoms with Crippen LogP contribution in [0.2, 0.25) is 0 Å². The minimum absolute atomic E-state index is 0.239. The Morgan fingerprint density at radius 1 is 0.960 bits per heavy atom. The lowest BCUT2D eigenvalue weighted by molar-refractivity contribution is -0.132. The number of hydrogen-bond donors (Lipinski definition) is 2. The van der Waals surface area contributed by atoms with Crippen LogP contribution in [0.4, 0.5) is 0 Å². The van der Waals surface area contributed by atoms with E-state index in [0.29, 0.717) is 18.6 Å². The standard InChI is InChI=1S/C20H24N2O3/c1-14-8-7-9-15(2)19(14)25-16(3)20(24)22-21-18(23)13-12-17-10-5-4-6-11-17/h4-11,16H,12-13H2,1-3H3,(H,21,23)(H,22,24)/t16-/m1/s1. The fourth-order valence-corrected chi connectivity index (χ4v) is 2.41. The van der Waals surface area contributed by atoms with Gasteiger partial charge in [0.2, 0.25) is 5.91 Å². The second kappa shape index (κ2) is 8.87. The van der Waals surface area contributed by atoms with Gasteiger partial charge >= 0.3 is 0 Å². The predicted molar refractivity (Wildman–Crippen MR) is 97.1 cm³/mol. The molecule has 0 unspecified atom stereocenters. The Kier molecular flexibility index (Phi) is 6.57. The highest BCUT2D eigenvalue weighted by Gasteiger charge is 2.17. The average Bonchev–Trinajstić information content (AvgIpc) is 2.61. The number of amides is 2. The van der Waals surface area contributed by atoms with E-state index < -0.39 is 12.0 Å². The second-order valence-electron chi connectivity index (χ2n) is 6.00. The third kappa shape index (κ3) is 5.64. The maximum Gasteiger partial charge on any atom is 0.279 e. The Morgan fingerprint density at radius 3 is 2.24 bits per heavy atom. The third-order valence-electron chi connectivity index (χ3n) is 3.88. The number of carbonyl (C=O) groups excluding carboxylic acids is 2. The summed E-state index contributed by atoms with van der Waals surface area (Å²) >= 11 is 0. The first-order valence-corrected chi connectivity index (χ1v) is 8.33. The molecule has 2 N–H and O–H groups in total. The van der Waals surface area contributed by atoms with Crippen molar-refractivity contribution >= 4 is 11.8 Å². The number of carbonyl (C=O) groups is 2. The molecular formula is C20H24N2O3. The number of hydrazine groups is 1. The molecule has 2 amide bonds. The summed E-state index contributed by atoms with van der Waals surface area (Å²) in [5.74, 6) is 0.0627. The molecule has 0 saturated heterocycles. The monoisotopic (exact) mass is 340 g/mol. The average molecular weight is 340 g/mol. The highest BCUT2D eigenvalue weighted by molar-refractivity contribution is 5.84. The fraction of sp³-hybridized carbons (Fsp3) is 0.300. The Morgan fingerprint density at radius 2 is 1.60 bits per heavy atom. The van der Waals surface area contributed by atoms with Crippen molar-refractivity contribution in [2.45, 2.75) is 39.7 Å². The first-order valence-electron chi connectivity index (χ1n) is 8.33. The van der Waals surface area contributed by atoms with Gasteiger partial charge < -0.3 is 4.74 Å². The molecule has 2 aromatic carbocycles. The van der Waals surface area contributed by atoms with E-state index in [0.717, 1.165) is 16.7 Å². The summed E-state index contributed by atoms with van der Waals surface area (Å²) in [5.41, 5.74) is 7.85. The highest BCUT2D eigenvalue weighted by Crippen LogP contribution is 2.23. The summed E-state index contributed by atoms with van der Waals surface area (Å²) in [6.07, 6.45) is 0.210. The van der Waals surface area contributed by atoms with Crippen LogP contribution < -0.4 is 15.6 Å². The van der Waals surface area contributed by atoms with Crippen LogP contribution in [0.5, 0.6) is 5.75 Å². The van der Waals surface area contributed by atoms with Gasteiger partial charge in [-0.2, -0.15) is 0 Å². The zero-order chi connectivity index (χ0) is 18.2. The SMILES string of the molecule is Cc1cccc(C)c1O[C@H](C)C(=O)NNC(=O)CCc1ccccc1. The van der Waals surface area contributed by atoms with Crippen LogP contribution in [-0.2, 0) is 16.0 Å². The number of hydrogen-bond acceptors (Lipinski definition) is 3. The molecule has 0 spiro atoms. The van der Waals surface area contributed by atoms with Gasteiger partial charge in [-0.1, -0.05) is 48.5 Å². The van der Waals surface area contributed by atoms with Crippen molar-refractivity contribution in [3.63, 3.8) is 0 Å². The smallest absolute Gasteiger partial charge is 0.279 e. The largest absolute Gasteiger partial charge is 0.480 e. The summed E-state index contributed by atoms with van der Waals surface area (Å²) in [4.78, 5) is 23.9. The van der Waals surface area contributed by atoms with Gasteiger partial charge in [-0.15, -0.1) is 0 Å². The van der Waals surface area contributed by atoms with Crippen LogP contribution >= 0.6 is 0 Å². The molecule has 0 aliphatic rings. The summed E-state index contributed by atoms with van der Waals surface area (Å²) in [7, 11) is 0. The lowest BCUT2D eigenvalue weighted by atomic mass is 10.1. The number of para-hydroxylation sites is 1. The topological polar surface area (TPSA) is 67.4 Å². The van der Waals surface area contributed by atoms with E-state index in [9.17, 15) is 9.59 Å². The van der Waals surface area contributed by atoms with E-state index in [1.807, 2.05) is 62.4 Å². The molecule has 0 aromatic heterocycles. The molecule has 0 fully saturated rings. The number of nitrogens with one attached hydrogen (secondary N) is 2. The van der Waals surface area contributed by atoms with Crippen molar-refractivity contribution < 1.29 is 14.3 Å². The Labute approximate surface area is 148 Å². The zero-order valence-corrected chi connectivity index (χ0v) is 14.8. The van der Waals surface area contributed by atoms with Gasteiger partial charge in [-0.25, -0.2) is 0 Å². The van der Waals surface area contributed by atoms with Crippen LogP contribution in [0.1, 0.15) is 30.0 Å². The Balaban J connectivity index is 1.78. The molecule has 2 aromatic rings. The zero-order valence-electron chi connectivity index (χ0n) is 14.8. The number of rotatable bonds is 6. The predicted octanol–water partition coefficient (Wildman–Crippen LogP) is 2.85. The summed E-state index contributed by atoms with van der Waals surface area (Å²) in [5, 5.41) is 0. The van der Waals surface area contributed by atoms with Crippen molar-refractivity contribution in [1.29, 1.82) is 0 Å². The van der Waals surface area contributed by atoms with E-state index in [-0.39, 0.29) is 5.91 Å². The molecule has 0 heterocycles. The Bertz CT molecular complexity index is 709. The van der Waals surface area contributed by atoms with Gasteiger partial charge in [0.15, 0.2) is 6.10 Å². The molecule has 5 heteroatoms. The molecule has 0 aliphatic heterocycles. The number of benzene rings is 2. The molecule has 0 bridgehead atoms. The fourth-order valence-electron chi connectivity index (χ4n) is 2.41. The molecule has 2 rings (SSSR count).